The first-order valence-corrected chi connectivity index (χ1v) is 8.82. The summed E-state index contributed by atoms with van der Waals surface area (Å²) in [7, 11) is 0. The van der Waals surface area contributed by atoms with Gasteiger partial charge < -0.3 is 9.32 Å². The van der Waals surface area contributed by atoms with E-state index in [1.165, 1.54) is 18.5 Å². The number of benzene rings is 2. The molecule has 0 bridgehead atoms. The van der Waals surface area contributed by atoms with Gasteiger partial charge in [0.25, 0.3) is 5.91 Å². The van der Waals surface area contributed by atoms with Gasteiger partial charge >= 0.3 is 6.18 Å². The molecule has 0 saturated heterocycles. The summed E-state index contributed by atoms with van der Waals surface area (Å²) < 4.78 is 44.1. The Morgan fingerprint density at radius 3 is 2.50 bits per heavy atom. The predicted octanol–water partition coefficient (Wildman–Crippen LogP) is 4.79. The van der Waals surface area contributed by atoms with E-state index in [4.69, 9.17) is 4.42 Å². The van der Waals surface area contributed by atoms with Crippen molar-refractivity contribution in [2.75, 3.05) is 6.54 Å². The highest BCUT2D eigenvalue weighted by molar-refractivity contribution is 5.93. The van der Waals surface area contributed by atoms with Crippen LogP contribution in [0.2, 0.25) is 0 Å². The van der Waals surface area contributed by atoms with Crippen molar-refractivity contribution in [2.24, 2.45) is 0 Å². The van der Waals surface area contributed by atoms with E-state index in [0.717, 1.165) is 23.3 Å². The molecule has 2 aromatic carbocycles. The van der Waals surface area contributed by atoms with Crippen LogP contribution in [0.5, 0.6) is 0 Å². The van der Waals surface area contributed by atoms with E-state index in [9.17, 15) is 18.0 Å². The van der Waals surface area contributed by atoms with Gasteiger partial charge in [-0.3, -0.25) is 4.79 Å². The number of nitrogens with zero attached hydrogens (tertiary/aromatic N) is 2. The molecule has 7 heteroatoms. The zero-order chi connectivity index (χ0) is 19.9. The number of alkyl halides is 3. The normalized spacial score (nSPS) is 16.7. The van der Waals surface area contributed by atoms with Crippen LogP contribution in [-0.2, 0) is 12.6 Å². The third-order valence-electron chi connectivity index (χ3n) is 5.04. The van der Waals surface area contributed by atoms with Gasteiger partial charge in [-0.15, -0.1) is 0 Å². The SMILES string of the molecule is Cc1ncoc1C(=O)N1CCc2ccccc2[C@H]1c1ccc(C(F)(F)F)cc1. The topological polar surface area (TPSA) is 46.3 Å². The van der Waals surface area contributed by atoms with Gasteiger partial charge in [-0.1, -0.05) is 36.4 Å². The number of carbonyl (C=O) groups is 1. The monoisotopic (exact) mass is 386 g/mol. The minimum atomic E-state index is -4.41. The van der Waals surface area contributed by atoms with Crippen molar-refractivity contribution in [3.63, 3.8) is 0 Å². The molecule has 0 radical (unpaired) electrons. The number of hydrogen-bond donors (Lipinski definition) is 0. The fourth-order valence-electron chi connectivity index (χ4n) is 3.64. The van der Waals surface area contributed by atoms with Gasteiger partial charge in [0.15, 0.2) is 6.39 Å². The van der Waals surface area contributed by atoms with E-state index in [2.05, 4.69) is 4.98 Å². The van der Waals surface area contributed by atoms with Gasteiger partial charge in [-0.25, -0.2) is 4.98 Å². The third kappa shape index (κ3) is 3.17. The quantitative estimate of drug-likeness (QED) is 0.636. The standard InChI is InChI=1S/C21H17F3N2O2/c1-13-19(28-12-25-13)20(27)26-11-10-14-4-2-3-5-17(14)18(26)15-6-8-16(9-7-15)21(22,23)24/h2-9,12,18H,10-11H2,1H3/t18-/m1/s1. The molecule has 1 aliphatic heterocycles. The molecule has 0 saturated carbocycles. The second-order valence-corrected chi connectivity index (χ2v) is 6.74. The number of carbonyl (C=O) groups excluding carboxylic acids is 1. The number of fused-ring (bicyclic) bond motifs is 1. The first kappa shape index (κ1) is 18.3. The van der Waals surface area contributed by atoms with Crippen molar-refractivity contribution in [1.82, 2.24) is 9.88 Å². The van der Waals surface area contributed by atoms with Crippen LogP contribution in [0.4, 0.5) is 13.2 Å². The van der Waals surface area contributed by atoms with E-state index in [-0.39, 0.29) is 11.7 Å². The van der Waals surface area contributed by atoms with Crippen molar-refractivity contribution in [3.05, 3.63) is 88.6 Å². The van der Waals surface area contributed by atoms with Crippen molar-refractivity contribution in [2.45, 2.75) is 25.6 Å². The van der Waals surface area contributed by atoms with Crippen molar-refractivity contribution in [3.8, 4) is 0 Å². The molecule has 1 aromatic heterocycles. The highest BCUT2D eigenvalue weighted by Gasteiger charge is 2.35. The van der Waals surface area contributed by atoms with E-state index in [1.807, 2.05) is 24.3 Å². The van der Waals surface area contributed by atoms with E-state index in [1.54, 1.807) is 11.8 Å². The summed E-state index contributed by atoms with van der Waals surface area (Å²) in [6, 6.07) is 12.1. The Morgan fingerprint density at radius 2 is 1.86 bits per heavy atom. The minimum Gasteiger partial charge on any atom is -0.438 e. The maximum absolute atomic E-state index is 13.1. The van der Waals surface area contributed by atoms with Crippen LogP contribution in [0.15, 0.2) is 59.3 Å². The number of aryl methyl sites for hydroxylation is 1. The lowest BCUT2D eigenvalue weighted by Gasteiger charge is -2.37. The molecule has 1 aliphatic rings. The first-order valence-electron chi connectivity index (χ1n) is 8.82. The van der Waals surface area contributed by atoms with Gasteiger partial charge in [0.2, 0.25) is 5.76 Å². The van der Waals surface area contributed by atoms with Crippen molar-refractivity contribution < 1.29 is 22.4 Å². The molecule has 1 atom stereocenters. The van der Waals surface area contributed by atoms with Gasteiger partial charge in [0.05, 0.1) is 17.3 Å². The van der Waals surface area contributed by atoms with Crippen LogP contribution >= 0.6 is 0 Å². The molecule has 1 amide bonds. The maximum Gasteiger partial charge on any atom is 0.416 e. The minimum absolute atomic E-state index is 0.149. The lowest BCUT2D eigenvalue weighted by molar-refractivity contribution is -0.137. The largest absolute Gasteiger partial charge is 0.438 e. The summed E-state index contributed by atoms with van der Waals surface area (Å²) >= 11 is 0. The Morgan fingerprint density at radius 1 is 1.14 bits per heavy atom. The van der Waals surface area contributed by atoms with Gasteiger partial charge in [0.1, 0.15) is 0 Å². The number of aromatic nitrogens is 1. The van der Waals surface area contributed by atoms with Crippen molar-refractivity contribution in [1.29, 1.82) is 0 Å². The molecule has 144 valence electrons. The summed E-state index contributed by atoms with van der Waals surface area (Å²) in [5.41, 5.74) is 2.36. The molecule has 3 aromatic rings. The maximum atomic E-state index is 13.1. The predicted molar refractivity (Wildman–Crippen MR) is 95.7 cm³/mol. The van der Waals surface area contributed by atoms with E-state index < -0.39 is 17.8 Å². The Bertz CT molecular complexity index is 1010. The lowest BCUT2D eigenvalue weighted by Crippen LogP contribution is -2.40. The molecule has 2 heterocycles. The van der Waals surface area contributed by atoms with E-state index in [0.29, 0.717) is 24.2 Å². The molecular weight excluding hydrogens is 369 g/mol. The summed E-state index contributed by atoms with van der Waals surface area (Å²) in [5.74, 6) is -0.175. The fraction of sp³-hybridized carbons (Fsp3) is 0.238. The second kappa shape index (κ2) is 6.82. The van der Waals surface area contributed by atoms with Gasteiger partial charge in [-0.2, -0.15) is 13.2 Å². The highest BCUT2D eigenvalue weighted by atomic mass is 19.4. The molecule has 28 heavy (non-hydrogen) atoms. The van der Waals surface area contributed by atoms with E-state index >= 15 is 0 Å². The number of oxazole rings is 1. The van der Waals surface area contributed by atoms with Crippen LogP contribution in [0, 0.1) is 6.92 Å². The first-order chi connectivity index (χ1) is 13.4. The Labute approximate surface area is 159 Å². The van der Waals surface area contributed by atoms with Crippen LogP contribution in [0.25, 0.3) is 0 Å². The Balaban J connectivity index is 1.79. The molecule has 4 rings (SSSR count). The highest BCUT2D eigenvalue weighted by Crippen LogP contribution is 2.37. The summed E-state index contributed by atoms with van der Waals surface area (Å²) in [6.07, 6.45) is -2.53. The fourth-order valence-corrected chi connectivity index (χ4v) is 3.64. The summed E-state index contributed by atoms with van der Waals surface area (Å²) in [4.78, 5) is 18.7. The Hall–Kier alpha value is -3.09. The average molecular weight is 386 g/mol. The van der Waals surface area contributed by atoms with Crippen LogP contribution in [0.1, 0.15) is 44.5 Å². The number of halogens is 3. The molecule has 0 unspecified atom stereocenters. The zero-order valence-electron chi connectivity index (χ0n) is 15.0. The number of rotatable bonds is 2. The third-order valence-corrected chi connectivity index (χ3v) is 5.04. The lowest BCUT2D eigenvalue weighted by atomic mass is 9.87. The van der Waals surface area contributed by atoms with Crippen LogP contribution in [0.3, 0.4) is 0 Å². The van der Waals surface area contributed by atoms with Gasteiger partial charge in [-0.05, 0) is 42.2 Å². The number of hydrogen-bond acceptors (Lipinski definition) is 3. The Kier molecular flexibility index (Phi) is 4.45. The smallest absolute Gasteiger partial charge is 0.416 e. The molecular formula is C21H17F3N2O2. The molecule has 0 fully saturated rings. The average Bonchev–Trinajstić information content (AvgIpc) is 3.12. The zero-order valence-corrected chi connectivity index (χ0v) is 15.0. The second-order valence-electron chi connectivity index (χ2n) is 6.74. The molecule has 0 aliphatic carbocycles. The summed E-state index contributed by atoms with van der Waals surface area (Å²) in [5, 5.41) is 0. The molecule has 0 spiro atoms. The molecule has 4 nitrogen and oxygen atoms in total. The van der Waals surface area contributed by atoms with Crippen LogP contribution in [-0.4, -0.2) is 22.3 Å². The summed E-state index contributed by atoms with van der Waals surface area (Å²) in [6.45, 7) is 2.11. The molecule has 0 N–H and O–H groups in total. The number of amides is 1. The van der Waals surface area contributed by atoms with Crippen molar-refractivity contribution >= 4 is 5.91 Å². The van der Waals surface area contributed by atoms with Gasteiger partial charge in [0, 0.05) is 6.54 Å². The van der Waals surface area contributed by atoms with Crippen LogP contribution < -0.4 is 0 Å².